The van der Waals surface area contributed by atoms with Crippen molar-refractivity contribution in [1.82, 2.24) is 14.5 Å². The van der Waals surface area contributed by atoms with Gasteiger partial charge in [-0.1, -0.05) is 26.7 Å². The van der Waals surface area contributed by atoms with Crippen LogP contribution in [0.1, 0.15) is 45.2 Å². The molecule has 1 N–H and O–H groups in total. The van der Waals surface area contributed by atoms with Crippen LogP contribution in [0.15, 0.2) is 15.7 Å². The molecule has 0 radical (unpaired) electrons. The molecule has 112 valence electrons. The zero-order chi connectivity index (χ0) is 14.9. The highest BCUT2D eigenvalue weighted by molar-refractivity contribution is 5.03. The Morgan fingerprint density at radius 1 is 1.25 bits per heavy atom. The predicted molar refractivity (Wildman–Crippen MR) is 79.8 cm³/mol. The van der Waals surface area contributed by atoms with Crippen molar-refractivity contribution in [2.45, 2.75) is 52.1 Å². The molecule has 1 aliphatic carbocycles. The molecule has 1 fully saturated rings. The van der Waals surface area contributed by atoms with Crippen LogP contribution in [0.5, 0.6) is 0 Å². The van der Waals surface area contributed by atoms with E-state index in [-0.39, 0.29) is 16.7 Å². The lowest BCUT2D eigenvalue weighted by Crippen LogP contribution is -2.45. The van der Waals surface area contributed by atoms with Crippen LogP contribution in [-0.4, -0.2) is 15.2 Å². The predicted octanol–water partition coefficient (Wildman–Crippen LogP) is 1.14. The van der Waals surface area contributed by atoms with Gasteiger partial charge in [0.25, 0.3) is 5.56 Å². The average Bonchev–Trinajstić information content (AvgIpc) is 2.40. The molecule has 0 spiro atoms. The van der Waals surface area contributed by atoms with Gasteiger partial charge in [-0.3, -0.25) is 13.9 Å². The van der Waals surface area contributed by atoms with Crippen LogP contribution >= 0.6 is 0 Å². The van der Waals surface area contributed by atoms with Crippen molar-refractivity contribution in [3.05, 3.63) is 32.6 Å². The minimum absolute atomic E-state index is 0.243. The van der Waals surface area contributed by atoms with Gasteiger partial charge in [-0.15, -0.1) is 0 Å². The molecule has 1 aliphatic rings. The lowest BCUT2D eigenvalue weighted by molar-refractivity contribution is 0.166. The fourth-order valence-electron chi connectivity index (χ4n) is 3.05. The van der Waals surface area contributed by atoms with Gasteiger partial charge in [0.1, 0.15) is 0 Å². The Bertz CT molecular complexity index is 598. The lowest BCUT2D eigenvalue weighted by atomic mass is 9.73. The molecule has 0 amide bonds. The SMILES string of the molecule is Cn1c(CNC2CCCCC2(C)C)cc(=O)n(C)c1=O. The molecule has 0 saturated heterocycles. The molecule has 5 heteroatoms. The summed E-state index contributed by atoms with van der Waals surface area (Å²) in [4.78, 5) is 23.6. The van der Waals surface area contributed by atoms with Crippen molar-refractivity contribution in [3.8, 4) is 0 Å². The van der Waals surface area contributed by atoms with Crippen LogP contribution < -0.4 is 16.6 Å². The first-order valence-corrected chi connectivity index (χ1v) is 7.32. The molecule has 1 aromatic heterocycles. The second-order valence-corrected chi connectivity index (χ2v) is 6.54. The smallest absolute Gasteiger partial charge is 0.308 e. The van der Waals surface area contributed by atoms with Crippen molar-refractivity contribution in [1.29, 1.82) is 0 Å². The monoisotopic (exact) mass is 279 g/mol. The van der Waals surface area contributed by atoms with Gasteiger partial charge >= 0.3 is 5.69 Å². The van der Waals surface area contributed by atoms with Crippen LogP contribution in [0, 0.1) is 5.41 Å². The highest BCUT2D eigenvalue weighted by Crippen LogP contribution is 2.35. The maximum absolute atomic E-state index is 11.9. The van der Waals surface area contributed by atoms with Crippen LogP contribution in [0.3, 0.4) is 0 Å². The zero-order valence-corrected chi connectivity index (χ0v) is 12.9. The molecular weight excluding hydrogens is 254 g/mol. The van der Waals surface area contributed by atoms with Gasteiger partial charge in [0.2, 0.25) is 0 Å². The summed E-state index contributed by atoms with van der Waals surface area (Å²) < 4.78 is 2.68. The Morgan fingerprint density at radius 3 is 2.60 bits per heavy atom. The standard InChI is InChI=1S/C15H25N3O2/c1-15(2)8-6-5-7-12(15)16-10-11-9-13(19)18(4)14(20)17(11)3/h9,12,16H,5-8,10H2,1-4H3. The van der Waals surface area contributed by atoms with Gasteiger partial charge in [0, 0.05) is 38.4 Å². The average molecular weight is 279 g/mol. The highest BCUT2D eigenvalue weighted by atomic mass is 16.2. The molecule has 0 aromatic carbocycles. The van der Waals surface area contributed by atoms with Gasteiger partial charge in [-0.2, -0.15) is 0 Å². The van der Waals surface area contributed by atoms with E-state index in [1.165, 1.54) is 26.3 Å². The van der Waals surface area contributed by atoms with Gasteiger partial charge in [0.15, 0.2) is 0 Å². The summed E-state index contributed by atoms with van der Waals surface area (Å²) in [6, 6.07) is 1.99. The van der Waals surface area contributed by atoms with Crippen LogP contribution in [0.4, 0.5) is 0 Å². The topological polar surface area (TPSA) is 56.0 Å². The van der Waals surface area contributed by atoms with Crippen LogP contribution in [-0.2, 0) is 20.6 Å². The van der Waals surface area contributed by atoms with E-state index >= 15 is 0 Å². The Kier molecular flexibility index (Phi) is 4.18. The van der Waals surface area contributed by atoms with Gasteiger partial charge in [-0.25, -0.2) is 4.79 Å². The first-order valence-electron chi connectivity index (χ1n) is 7.32. The van der Waals surface area contributed by atoms with E-state index in [4.69, 9.17) is 0 Å². The first kappa shape index (κ1) is 15.0. The number of aromatic nitrogens is 2. The normalized spacial score (nSPS) is 21.9. The summed E-state index contributed by atoms with van der Waals surface area (Å²) in [5, 5.41) is 3.54. The van der Waals surface area contributed by atoms with E-state index in [9.17, 15) is 9.59 Å². The number of hydrogen-bond acceptors (Lipinski definition) is 3. The van der Waals surface area contributed by atoms with Crippen LogP contribution in [0.25, 0.3) is 0 Å². The van der Waals surface area contributed by atoms with Crippen molar-refractivity contribution in [2.75, 3.05) is 0 Å². The Morgan fingerprint density at radius 2 is 1.95 bits per heavy atom. The summed E-state index contributed by atoms with van der Waals surface area (Å²) in [7, 11) is 3.22. The molecular formula is C15H25N3O2. The number of nitrogens with one attached hydrogen (secondary N) is 1. The maximum atomic E-state index is 11.9. The Hall–Kier alpha value is -1.36. The van der Waals surface area contributed by atoms with E-state index in [1.54, 1.807) is 17.7 Å². The van der Waals surface area contributed by atoms with Crippen molar-refractivity contribution < 1.29 is 0 Å². The summed E-state index contributed by atoms with van der Waals surface area (Å²) in [5.41, 5.74) is 0.515. The summed E-state index contributed by atoms with van der Waals surface area (Å²) in [6.45, 7) is 5.13. The van der Waals surface area contributed by atoms with E-state index < -0.39 is 0 Å². The number of nitrogens with zero attached hydrogens (tertiary/aromatic N) is 2. The highest BCUT2D eigenvalue weighted by Gasteiger charge is 2.31. The van der Waals surface area contributed by atoms with Gasteiger partial charge < -0.3 is 5.32 Å². The third kappa shape index (κ3) is 2.87. The van der Waals surface area contributed by atoms with Crippen molar-refractivity contribution >= 4 is 0 Å². The quantitative estimate of drug-likeness (QED) is 0.903. The van der Waals surface area contributed by atoms with Crippen molar-refractivity contribution in [2.24, 2.45) is 19.5 Å². The molecule has 2 rings (SSSR count). The van der Waals surface area contributed by atoms with E-state index in [0.717, 1.165) is 16.7 Å². The summed E-state index contributed by atoms with van der Waals surface area (Å²) in [5.74, 6) is 0. The van der Waals surface area contributed by atoms with E-state index in [2.05, 4.69) is 19.2 Å². The third-order valence-corrected chi connectivity index (χ3v) is 4.66. The summed E-state index contributed by atoms with van der Waals surface area (Å²) >= 11 is 0. The Balaban J connectivity index is 2.16. The molecule has 1 unspecified atom stereocenters. The maximum Gasteiger partial charge on any atom is 0.330 e. The van der Waals surface area contributed by atoms with Crippen LogP contribution in [0.2, 0.25) is 0 Å². The molecule has 0 bridgehead atoms. The fourth-order valence-corrected chi connectivity index (χ4v) is 3.05. The molecule has 5 nitrogen and oxygen atoms in total. The largest absolute Gasteiger partial charge is 0.330 e. The third-order valence-electron chi connectivity index (χ3n) is 4.66. The molecule has 1 saturated carbocycles. The van der Waals surface area contributed by atoms with Gasteiger partial charge in [0.05, 0.1) is 0 Å². The molecule has 1 heterocycles. The second-order valence-electron chi connectivity index (χ2n) is 6.54. The Labute approximate surface area is 119 Å². The minimum Gasteiger partial charge on any atom is -0.308 e. The van der Waals surface area contributed by atoms with Gasteiger partial charge in [-0.05, 0) is 18.3 Å². The minimum atomic E-state index is -0.266. The lowest BCUT2D eigenvalue weighted by Gasteiger charge is -2.39. The second kappa shape index (κ2) is 5.56. The van der Waals surface area contributed by atoms with E-state index in [0.29, 0.717) is 12.6 Å². The number of hydrogen-bond donors (Lipinski definition) is 1. The van der Waals surface area contributed by atoms with Crippen molar-refractivity contribution in [3.63, 3.8) is 0 Å². The fraction of sp³-hybridized carbons (Fsp3) is 0.733. The van der Waals surface area contributed by atoms with E-state index in [1.807, 2.05) is 0 Å². The zero-order valence-electron chi connectivity index (χ0n) is 12.9. The molecule has 0 aliphatic heterocycles. The molecule has 1 aromatic rings. The first-order chi connectivity index (χ1) is 9.33. The number of rotatable bonds is 3. The summed E-state index contributed by atoms with van der Waals surface area (Å²) in [6.07, 6.45) is 4.91. The molecule has 1 atom stereocenters. The molecule has 20 heavy (non-hydrogen) atoms.